The van der Waals surface area contributed by atoms with Crippen LogP contribution in [0.15, 0.2) is 53.4 Å². The normalized spacial score (nSPS) is 13.3. The standard InChI is InChI=1S/C19H13F5N4O3S/c1-32(25,30)12-4-2-3-11(8-12)26-17(29)13-9-16(19(22,23)24)27-28-18(13)31-15-6-5-10(20)7-14(15)21/h2-9,25H,1H3,(H,26,29). The molecule has 2 N–H and O–H groups in total. The summed E-state index contributed by atoms with van der Waals surface area (Å²) in [4.78, 5) is 12.8. The predicted octanol–water partition coefficient (Wildman–Crippen LogP) is 4.85. The number of amides is 1. The van der Waals surface area contributed by atoms with Crippen LogP contribution in [0.4, 0.5) is 27.6 Å². The Hall–Kier alpha value is -3.61. The van der Waals surface area contributed by atoms with Crippen LogP contribution in [0.5, 0.6) is 11.6 Å². The van der Waals surface area contributed by atoms with E-state index in [1.165, 1.54) is 24.3 Å². The summed E-state index contributed by atoms with van der Waals surface area (Å²) in [5, 5.41) is 8.47. The second-order valence-corrected chi connectivity index (χ2v) is 8.61. The number of anilines is 1. The van der Waals surface area contributed by atoms with Gasteiger partial charge in [-0.3, -0.25) is 4.79 Å². The number of aromatic nitrogens is 2. The Kier molecular flexibility index (Phi) is 6.12. The first kappa shape index (κ1) is 23.1. The summed E-state index contributed by atoms with van der Waals surface area (Å²) in [5.41, 5.74) is -2.23. The zero-order chi connectivity index (χ0) is 23.7. The fraction of sp³-hybridized carbons (Fsp3) is 0.105. The molecule has 168 valence electrons. The highest BCUT2D eigenvalue weighted by Gasteiger charge is 2.35. The Bertz CT molecular complexity index is 1300. The second-order valence-electron chi connectivity index (χ2n) is 6.45. The molecule has 0 bridgehead atoms. The summed E-state index contributed by atoms with van der Waals surface area (Å²) in [6.07, 6.45) is -3.79. The molecule has 32 heavy (non-hydrogen) atoms. The highest BCUT2D eigenvalue weighted by Crippen LogP contribution is 2.32. The van der Waals surface area contributed by atoms with Crippen molar-refractivity contribution in [3.05, 3.63) is 71.4 Å². The zero-order valence-corrected chi connectivity index (χ0v) is 16.9. The Morgan fingerprint density at radius 3 is 2.44 bits per heavy atom. The molecule has 0 aliphatic rings. The van der Waals surface area contributed by atoms with Gasteiger partial charge in [0, 0.05) is 22.9 Å². The Morgan fingerprint density at radius 2 is 1.81 bits per heavy atom. The van der Waals surface area contributed by atoms with Crippen molar-refractivity contribution < 1.29 is 35.7 Å². The molecule has 0 fully saturated rings. The maximum atomic E-state index is 13.9. The molecule has 7 nitrogen and oxygen atoms in total. The Labute approximate surface area is 178 Å². The van der Waals surface area contributed by atoms with Crippen molar-refractivity contribution in [2.45, 2.75) is 11.1 Å². The van der Waals surface area contributed by atoms with E-state index >= 15 is 0 Å². The average molecular weight is 472 g/mol. The van der Waals surface area contributed by atoms with Crippen LogP contribution in [0.25, 0.3) is 0 Å². The van der Waals surface area contributed by atoms with Gasteiger partial charge in [0.05, 0.1) is 9.73 Å². The van der Waals surface area contributed by atoms with E-state index in [2.05, 4.69) is 15.5 Å². The number of alkyl halides is 3. The third-order valence-corrected chi connectivity index (χ3v) is 5.09. The number of benzene rings is 2. The molecule has 13 heteroatoms. The minimum Gasteiger partial charge on any atom is -0.434 e. The van der Waals surface area contributed by atoms with Crippen LogP contribution in [0.1, 0.15) is 16.1 Å². The lowest BCUT2D eigenvalue weighted by Gasteiger charge is -2.13. The topological polar surface area (TPSA) is 105 Å². The largest absolute Gasteiger partial charge is 0.435 e. The van der Waals surface area contributed by atoms with Crippen LogP contribution in [0.2, 0.25) is 0 Å². The molecule has 1 amide bonds. The fourth-order valence-electron chi connectivity index (χ4n) is 2.43. The Morgan fingerprint density at radius 1 is 1.09 bits per heavy atom. The first-order valence-corrected chi connectivity index (χ1v) is 10.5. The predicted molar refractivity (Wildman–Crippen MR) is 103 cm³/mol. The molecule has 1 unspecified atom stereocenters. The first-order valence-electron chi connectivity index (χ1n) is 8.57. The highest BCUT2D eigenvalue weighted by atomic mass is 32.2. The van der Waals surface area contributed by atoms with E-state index in [4.69, 9.17) is 9.52 Å². The number of hydrogen-bond acceptors (Lipinski definition) is 6. The summed E-state index contributed by atoms with van der Waals surface area (Å²) in [6, 6.07) is 7.87. The van der Waals surface area contributed by atoms with Crippen LogP contribution >= 0.6 is 0 Å². The van der Waals surface area contributed by atoms with Gasteiger partial charge in [0.2, 0.25) is 0 Å². The molecule has 0 radical (unpaired) electrons. The summed E-state index contributed by atoms with van der Waals surface area (Å²) in [5.74, 6) is -4.60. The molecule has 0 aliphatic carbocycles. The lowest BCUT2D eigenvalue weighted by molar-refractivity contribution is -0.141. The van der Waals surface area contributed by atoms with Crippen molar-refractivity contribution in [2.75, 3.05) is 11.6 Å². The van der Waals surface area contributed by atoms with E-state index in [-0.39, 0.29) is 10.6 Å². The third kappa shape index (κ3) is 5.35. The van der Waals surface area contributed by atoms with Gasteiger partial charge >= 0.3 is 6.18 Å². The van der Waals surface area contributed by atoms with Crippen LogP contribution in [-0.2, 0) is 15.9 Å². The van der Waals surface area contributed by atoms with E-state index in [0.717, 1.165) is 18.4 Å². The number of nitrogens with one attached hydrogen (secondary N) is 2. The van der Waals surface area contributed by atoms with E-state index in [1.54, 1.807) is 0 Å². The monoisotopic (exact) mass is 472 g/mol. The van der Waals surface area contributed by atoms with Crippen LogP contribution in [-0.4, -0.2) is 26.6 Å². The molecular weight excluding hydrogens is 459 g/mol. The number of halogens is 5. The third-order valence-electron chi connectivity index (χ3n) is 3.94. The molecule has 0 spiro atoms. The number of nitrogens with zero attached hydrogens (tertiary/aromatic N) is 2. The lowest BCUT2D eigenvalue weighted by atomic mass is 10.2. The van der Waals surface area contributed by atoms with Crippen molar-refractivity contribution in [2.24, 2.45) is 0 Å². The van der Waals surface area contributed by atoms with Crippen LogP contribution in [0.3, 0.4) is 0 Å². The highest BCUT2D eigenvalue weighted by molar-refractivity contribution is 7.91. The SMILES string of the molecule is CS(=N)(=O)c1cccc(NC(=O)c2cc(C(F)(F)F)nnc2Oc2ccc(F)cc2F)c1. The molecule has 3 aromatic rings. The lowest BCUT2D eigenvalue weighted by Crippen LogP contribution is -2.18. The van der Waals surface area contributed by atoms with E-state index in [1.807, 2.05) is 0 Å². The van der Waals surface area contributed by atoms with Crippen molar-refractivity contribution in [3.63, 3.8) is 0 Å². The van der Waals surface area contributed by atoms with Gasteiger partial charge in [-0.1, -0.05) is 6.07 Å². The number of carbonyl (C=O) groups is 1. The summed E-state index contributed by atoms with van der Waals surface area (Å²) < 4.78 is 90.8. The fourth-order valence-corrected chi connectivity index (χ4v) is 3.12. The molecule has 3 rings (SSSR count). The van der Waals surface area contributed by atoms with Crippen LogP contribution < -0.4 is 10.1 Å². The minimum atomic E-state index is -4.94. The molecule has 1 heterocycles. The maximum Gasteiger partial charge on any atom is 0.435 e. The van der Waals surface area contributed by atoms with Gasteiger partial charge in [-0.05, 0) is 36.4 Å². The van der Waals surface area contributed by atoms with E-state index in [0.29, 0.717) is 12.1 Å². The van der Waals surface area contributed by atoms with Crippen molar-refractivity contribution in [1.82, 2.24) is 10.2 Å². The molecule has 0 saturated heterocycles. The second kappa shape index (κ2) is 8.49. The smallest absolute Gasteiger partial charge is 0.434 e. The van der Waals surface area contributed by atoms with E-state index in [9.17, 15) is 31.0 Å². The van der Waals surface area contributed by atoms with Gasteiger partial charge in [0.25, 0.3) is 11.8 Å². The summed E-state index contributed by atoms with van der Waals surface area (Å²) in [7, 11) is -3.13. The number of carbonyl (C=O) groups excluding carboxylic acids is 1. The zero-order valence-electron chi connectivity index (χ0n) is 16.0. The van der Waals surface area contributed by atoms with Crippen molar-refractivity contribution in [1.29, 1.82) is 4.78 Å². The van der Waals surface area contributed by atoms with Gasteiger partial charge < -0.3 is 10.1 Å². The maximum absolute atomic E-state index is 13.9. The summed E-state index contributed by atoms with van der Waals surface area (Å²) in [6.45, 7) is 0. The Balaban J connectivity index is 2.01. The van der Waals surface area contributed by atoms with Crippen molar-refractivity contribution in [3.8, 4) is 11.6 Å². The van der Waals surface area contributed by atoms with E-state index < -0.39 is 56.3 Å². The molecule has 0 aliphatic heterocycles. The van der Waals surface area contributed by atoms with Gasteiger partial charge in [0.15, 0.2) is 17.3 Å². The molecule has 1 aromatic heterocycles. The number of ether oxygens (including phenoxy) is 1. The van der Waals surface area contributed by atoms with Gasteiger partial charge in [-0.2, -0.15) is 13.2 Å². The van der Waals surface area contributed by atoms with Gasteiger partial charge in [-0.15, -0.1) is 10.2 Å². The van der Waals surface area contributed by atoms with Gasteiger partial charge in [0.1, 0.15) is 11.4 Å². The summed E-state index contributed by atoms with van der Waals surface area (Å²) >= 11 is 0. The van der Waals surface area contributed by atoms with Gasteiger partial charge in [-0.25, -0.2) is 17.8 Å². The number of hydrogen-bond donors (Lipinski definition) is 2. The first-order chi connectivity index (χ1) is 14.8. The average Bonchev–Trinajstić information content (AvgIpc) is 2.69. The van der Waals surface area contributed by atoms with Crippen molar-refractivity contribution >= 4 is 21.3 Å². The van der Waals surface area contributed by atoms with Crippen LogP contribution in [0, 0.1) is 16.4 Å². The molecular formula is C19H13F5N4O3S. The molecule has 1 atom stereocenters. The minimum absolute atomic E-state index is 0.0265. The molecule has 2 aromatic carbocycles. The number of rotatable bonds is 5. The quantitative estimate of drug-likeness (QED) is 0.517. The molecule has 0 saturated carbocycles.